The van der Waals surface area contributed by atoms with Crippen LogP contribution in [0.5, 0.6) is 0 Å². The van der Waals surface area contributed by atoms with E-state index in [0.29, 0.717) is 5.92 Å². The van der Waals surface area contributed by atoms with Crippen LogP contribution >= 0.6 is 0 Å². The molecule has 0 N–H and O–H groups in total. The largest absolute Gasteiger partial charge is 0.352 e. The number of hydrogen-bond acceptors (Lipinski definition) is 5. The summed E-state index contributed by atoms with van der Waals surface area (Å²) in [6, 6.07) is 8.36. The lowest BCUT2D eigenvalue weighted by atomic mass is 10.2. The molecule has 1 saturated heterocycles. The molecule has 0 bridgehead atoms. The SMILES string of the molecule is c1ccc(CN2CCN(c3nccn4nc(C5CC5)cc34)CC2)nc1. The summed E-state index contributed by atoms with van der Waals surface area (Å²) in [5.74, 6) is 1.74. The van der Waals surface area contributed by atoms with Crippen LogP contribution in [-0.2, 0) is 6.54 Å². The highest BCUT2D eigenvalue weighted by molar-refractivity contribution is 5.69. The molecule has 0 aromatic carbocycles. The molecule has 4 heterocycles. The Balaban J connectivity index is 1.31. The summed E-state index contributed by atoms with van der Waals surface area (Å²) < 4.78 is 2.00. The molecule has 128 valence electrons. The van der Waals surface area contributed by atoms with Crippen LogP contribution in [0.3, 0.4) is 0 Å². The van der Waals surface area contributed by atoms with Crippen LogP contribution < -0.4 is 4.90 Å². The number of hydrogen-bond donors (Lipinski definition) is 0. The fraction of sp³-hybridized carbons (Fsp3) is 0.421. The fourth-order valence-corrected chi connectivity index (χ4v) is 3.59. The average molecular weight is 334 g/mol. The third-order valence-corrected chi connectivity index (χ3v) is 5.17. The summed E-state index contributed by atoms with van der Waals surface area (Å²) in [4.78, 5) is 14.0. The molecule has 2 aliphatic rings. The van der Waals surface area contributed by atoms with E-state index in [0.717, 1.165) is 49.8 Å². The van der Waals surface area contributed by atoms with Crippen LogP contribution in [0.15, 0.2) is 42.9 Å². The van der Waals surface area contributed by atoms with E-state index in [1.165, 1.54) is 18.5 Å². The molecule has 25 heavy (non-hydrogen) atoms. The molecule has 2 fully saturated rings. The van der Waals surface area contributed by atoms with Crippen molar-refractivity contribution in [3.8, 4) is 0 Å². The zero-order valence-corrected chi connectivity index (χ0v) is 14.3. The van der Waals surface area contributed by atoms with Gasteiger partial charge in [0.2, 0.25) is 0 Å². The molecule has 1 saturated carbocycles. The van der Waals surface area contributed by atoms with Gasteiger partial charge in [0.05, 0.1) is 11.4 Å². The Bertz CT molecular complexity index is 862. The monoisotopic (exact) mass is 334 g/mol. The van der Waals surface area contributed by atoms with Gasteiger partial charge in [0.1, 0.15) is 5.52 Å². The van der Waals surface area contributed by atoms with E-state index in [-0.39, 0.29) is 0 Å². The smallest absolute Gasteiger partial charge is 0.154 e. The van der Waals surface area contributed by atoms with Gasteiger partial charge in [0, 0.05) is 57.2 Å². The minimum atomic E-state index is 0.669. The van der Waals surface area contributed by atoms with Crippen LogP contribution in [0, 0.1) is 0 Å². The Morgan fingerprint density at radius 3 is 2.64 bits per heavy atom. The van der Waals surface area contributed by atoms with Gasteiger partial charge >= 0.3 is 0 Å². The molecule has 3 aromatic rings. The van der Waals surface area contributed by atoms with Crippen molar-refractivity contribution in [1.29, 1.82) is 0 Å². The van der Waals surface area contributed by atoms with Gasteiger partial charge in [0.25, 0.3) is 0 Å². The summed E-state index contributed by atoms with van der Waals surface area (Å²) in [6.07, 6.45) is 8.25. The first kappa shape index (κ1) is 14.8. The van der Waals surface area contributed by atoms with E-state index in [1.807, 2.05) is 29.2 Å². The average Bonchev–Trinajstić information content (AvgIpc) is 3.42. The molecule has 6 nitrogen and oxygen atoms in total. The molecular formula is C19H22N6. The van der Waals surface area contributed by atoms with Gasteiger partial charge in [-0.2, -0.15) is 5.10 Å². The van der Waals surface area contributed by atoms with Crippen LogP contribution in [0.4, 0.5) is 5.82 Å². The second kappa shape index (κ2) is 6.11. The third kappa shape index (κ3) is 2.98. The van der Waals surface area contributed by atoms with Crippen molar-refractivity contribution in [2.45, 2.75) is 25.3 Å². The molecule has 3 aromatic heterocycles. The Morgan fingerprint density at radius 2 is 1.88 bits per heavy atom. The van der Waals surface area contributed by atoms with Crippen molar-refractivity contribution in [2.24, 2.45) is 0 Å². The van der Waals surface area contributed by atoms with Crippen LogP contribution in [-0.4, -0.2) is 50.7 Å². The third-order valence-electron chi connectivity index (χ3n) is 5.17. The van der Waals surface area contributed by atoms with Gasteiger partial charge in [-0.3, -0.25) is 9.88 Å². The highest BCUT2D eigenvalue weighted by atomic mass is 15.3. The molecular weight excluding hydrogens is 312 g/mol. The number of piperazine rings is 1. The zero-order chi connectivity index (χ0) is 16.6. The van der Waals surface area contributed by atoms with Gasteiger partial charge in [-0.1, -0.05) is 6.07 Å². The maximum Gasteiger partial charge on any atom is 0.154 e. The summed E-state index contributed by atoms with van der Waals surface area (Å²) in [6.45, 7) is 4.96. The Kier molecular flexibility index (Phi) is 3.63. The number of anilines is 1. The molecule has 1 aliphatic heterocycles. The molecule has 0 radical (unpaired) electrons. The lowest BCUT2D eigenvalue weighted by Crippen LogP contribution is -2.46. The maximum atomic E-state index is 4.73. The quantitative estimate of drug-likeness (QED) is 0.733. The molecule has 0 amide bonds. The van der Waals surface area contributed by atoms with E-state index in [1.54, 1.807) is 0 Å². The minimum absolute atomic E-state index is 0.669. The van der Waals surface area contributed by atoms with E-state index >= 15 is 0 Å². The molecule has 6 heteroatoms. The second-order valence-corrected chi connectivity index (χ2v) is 7.01. The van der Waals surface area contributed by atoms with Crippen molar-refractivity contribution < 1.29 is 0 Å². The minimum Gasteiger partial charge on any atom is -0.352 e. The van der Waals surface area contributed by atoms with E-state index in [2.05, 4.69) is 38.0 Å². The second-order valence-electron chi connectivity index (χ2n) is 7.01. The first-order chi connectivity index (χ1) is 12.4. The number of aromatic nitrogens is 4. The predicted molar refractivity (Wildman–Crippen MR) is 96.7 cm³/mol. The summed E-state index contributed by atoms with van der Waals surface area (Å²) in [7, 11) is 0. The van der Waals surface area contributed by atoms with Crippen LogP contribution in [0.1, 0.15) is 30.1 Å². The maximum absolute atomic E-state index is 4.73. The first-order valence-corrected chi connectivity index (χ1v) is 9.08. The molecule has 0 spiro atoms. The van der Waals surface area contributed by atoms with Gasteiger partial charge in [-0.05, 0) is 31.0 Å². The lowest BCUT2D eigenvalue weighted by Gasteiger charge is -2.35. The summed E-state index contributed by atoms with van der Waals surface area (Å²) in [5, 5.41) is 4.73. The van der Waals surface area contributed by atoms with E-state index in [4.69, 9.17) is 5.10 Å². The Hall–Kier alpha value is -2.47. The molecule has 1 aliphatic carbocycles. The zero-order valence-electron chi connectivity index (χ0n) is 14.3. The number of pyridine rings is 1. The number of nitrogens with zero attached hydrogens (tertiary/aromatic N) is 6. The van der Waals surface area contributed by atoms with Crippen molar-refractivity contribution in [1.82, 2.24) is 24.5 Å². The standard InChI is InChI=1S/C19H22N6/c1-2-6-20-16(3-1)14-23-9-11-24(12-10-23)19-18-13-17(15-4-5-15)22-25(18)8-7-21-19/h1-3,6-8,13,15H,4-5,9-12,14H2. The number of fused-ring (bicyclic) bond motifs is 1. The summed E-state index contributed by atoms with van der Waals surface area (Å²) >= 11 is 0. The topological polar surface area (TPSA) is 49.6 Å². The van der Waals surface area contributed by atoms with Gasteiger partial charge in [-0.15, -0.1) is 0 Å². The fourth-order valence-electron chi connectivity index (χ4n) is 3.59. The highest BCUT2D eigenvalue weighted by Crippen LogP contribution is 2.40. The van der Waals surface area contributed by atoms with Crippen molar-refractivity contribution in [2.75, 3.05) is 31.1 Å². The van der Waals surface area contributed by atoms with E-state index < -0.39 is 0 Å². The molecule has 5 rings (SSSR count). The summed E-state index contributed by atoms with van der Waals surface area (Å²) in [5.41, 5.74) is 3.51. The van der Waals surface area contributed by atoms with Crippen molar-refractivity contribution in [3.05, 3.63) is 54.2 Å². The molecule has 0 atom stereocenters. The Morgan fingerprint density at radius 1 is 1.00 bits per heavy atom. The van der Waals surface area contributed by atoms with Crippen molar-refractivity contribution in [3.63, 3.8) is 0 Å². The molecule has 0 unspecified atom stereocenters. The number of rotatable bonds is 4. The van der Waals surface area contributed by atoms with Crippen LogP contribution in [0.2, 0.25) is 0 Å². The highest BCUT2D eigenvalue weighted by Gasteiger charge is 2.28. The predicted octanol–water partition coefficient (Wildman–Crippen LogP) is 2.32. The van der Waals surface area contributed by atoms with Gasteiger partial charge < -0.3 is 4.90 Å². The van der Waals surface area contributed by atoms with E-state index in [9.17, 15) is 0 Å². The van der Waals surface area contributed by atoms with Crippen LogP contribution in [0.25, 0.3) is 5.52 Å². The van der Waals surface area contributed by atoms with Gasteiger partial charge in [-0.25, -0.2) is 9.50 Å². The normalized spacial score (nSPS) is 18.8. The Labute approximate surface area is 147 Å². The lowest BCUT2D eigenvalue weighted by molar-refractivity contribution is 0.246. The van der Waals surface area contributed by atoms with Gasteiger partial charge in [0.15, 0.2) is 5.82 Å². The van der Waals surface area contributed by atoms with Crippen molar-refractivity contribution >= 4 is 11.3 Å². The first-order valence-electron chi connectivity index (χ1n) is 9.08.